The monoisotopic (exact) mass is 189 g/mol. The molecule has 78 valence electrons. The van der Waals surface area contributed by atoms with Crippen molar-refractivity contribution in [2.75, 3.05) is 6.61 Å². The number of carbonyl (C=O) groups excluding carboxylic acids is 2. The molecule has 0 spiro atoms. The van der Waals surface area contributed by atoms with Gasteiger partial charge in [-0.05, 0) is 13.8 Å². The molecule has 0 aromatic rings. The van der Waals surface area contributed by atoms with Crippen LogP contribution in [0.1, 0.15) is 34.6 Å². The number of amides is 1. The number of carbonyl (C=O) groups is 2. The summed E-state index contributed by atoms with van der Waals surface area (Å²) < 4.78 is 4.65. The Morgan fingerprint density at radius 1 is 1.38 bits per heavy atom. The molecule has 4 heteroatoms. The Kier molecular flexibility index (Phi) is 10.0. The Labute approximate surface area is 79.7 Å². The molecule has 1 atom stereocenters. The van der Waals surface area contributed by atoms with Crippen LogP contribution in [0.25, 0.3) is 0 Å². The molecule has 0 fully saturated rings. The molecule has 0 aromatic heterocycles. The van der Waals surface area contributed by atoms with Gasteiger partial charge in [-0.15, -0.1) is 0 Å². The van der Waals surface area contributed by atoms with Gasteiger partial charge in [-0.3, -0.25) is 4.79 Å². The van der Waals surface area contributed by atoms with Crippen LogP contribution in [0.5, 0.6) is 0 Å². The normalized spacial score (nSPS) is 10.5. The fourth-order valence-corrected chi connectivity index (χ4v) is 0.631. The van der Waals surface area contributed by atoms with E-state index in [0.717, 1.165) is 0 Å². The first-order chi connectivity index (χ1) is 6.07. The molecular weight excluding hydrogens is 170 g/mol. The smallest absolute Gasteiger partial charge is 0.328 e. The summed E-state index contributed by atoms with van der Waals surface area (Å²) in [4.78, 5) is 21.3. The first kappa shape index (κ1) is 14.5. The Bertz CT molecular complexity index is 157. The van der Waals surface area contributed by atoms with E-state index in [-0.39, 0.29) is 5.91 Å². The van der Waals surface area contributed by atoms with Crippen molar-refractivity contribution < 1.29 is 14.3 Å². The first-order valence-corrected chi connectivity index (χ1v) is 4.51. The summed E-state index contributed by atoms with van der Waals surface area (Å²) in [5.74, 6) is -0.631. The molecular formula is C9H19NO3. The van der Waals surface area contributed by atoms with Gasteiger partial charge < -0.3 is 10.1 Å². The van der Waals surface area contributed by atoms with Gasteiger partial charge in [0.2, 0.25) is 5.91 Å². The zero-order chi connectivity index (χ0) is 10.9. The number of rotatable bonds is 3. The van der Waals surface area contributed by atoms with E-state index in [0.29, 0.717) is 6.61 Å². The molecule has 0 bridgehead atoms. The molecule has 0 aliphatic heterocycles. The summed E-state index contributed by atoms with van der Waals surface area (Å²) in [5.41, 5.74) is 0. The highest BCUT2D eigenvalue weighted by atomic mass is 16.5. The van der Waals surface area contributed by atoms with Crippen LogP contribution in [0.2, 0.25) is 0 Å². The first-order valence-electron chi connectivity index (χ1n) is 4.51. The maximum Gasteiger partial charge on any atom is 0.328 e. The van der Waals surface area contributed by atoms with E-state index in [4.69, 9.17) is 0 Å². The van der Waals surface area contributed by atoms with Gasteiger partial charge in [0.25, 0.3) is 0 Å². The second kappa shape index (κ2) is 9.03. The molecule has 0 aromatic carbocycles. The fourth-order valence-electron chi connectivity index (χ4n) is 0.631. The highest BCUT2D eigenvalue weighted by molar-refractivity contribution is 5.82. The molecule has 0 aliphatic carbocycles. The maximum absolute atomic E-state index is 10.8. The zero-order valence-corrected chi connectivity index (χ0v) is 9.01. The summed E-state index contributed by atoms with van der Waals surface area (Å²) in [7, 11) is 0. The third-order valence-corrected chi connectivity index (χ3v) is 1.06. The van der Waals surface area contributed by atoms with Crippen LogP contribution in [0, 0.1) is 0 Å². The van der Waals surface area contributed by atoms with Crippen molar-refractivity contribution in [2.45, 2.75) is 40.7 Å². The highest BCUT2D eigenvalue weighted by Crippen LogP contribution is 1.86. The third kappa shape index (κ3) is 8.85. The van der Waals surface area contributed by atoms with Crippen molar-refractivity contribution in [1.82, 2.24) is 5.32 Å². The van der Waals surface area contributed by atoms with E-state index in [2.05, 4.69) is 10.1 Å². The minimum absolute atomic E-state index is 0.231. The second-order valence-corrected chi connectivity index (χ2v) is 2.17. The van der Waals surface area contributed by atoms with Crippen molar-refractivity contribution in [2.24, 2.45) is 0 Å². The summed E-state index contributed by atoms with van der Waals surface area (Å²) >= 11 is 0. The van der Waals surface area contributed by atoms with E-state index >= 15 is 0 Å². The van der Waals surface area contributed by atoms with Gasteiger partial charge in [0.15, 0.2) is 0 Å². The molecule has 0 rings (SSSR count). The number of nitrogens with one attached hydrogen (secondary N) is 1. The van der Waals surface area contributed by atoms with Crippen molar-refractivity contribution >= 4 is 11.9 Å². The van der Waals surface area contributed by atoms with Crippen LogP contribution >= 0.6 is 0 Å². The van der Waals surface area contributed by atoms with Crippen LogP contribution < -0.4 is 5.32 Å². The van der Waals surface area contributed by atoms with Crippen LogP contribution in [-0.2, 0) is 14.3 Å². The largest absolute Gasteiger partial charge is 0.464 e. The quantitative estimate of drug-likeness (QED) is 0.676. The number of hydrogen-bond acceptors (Lipinski definition) is 3. The summed E-state index contributed by atoms with van der Waals surface area (Å²) in [5, 5.41) is 2.41. The Balaban J connectivity index is 0. The lowest BCUT2D eigenvalue weighted by Gasteiger charge is -2.09. The van der Waals surface area contributed by atoms with Crippen molar-refractivity contribution in [3.05, 3.63) is 0 Å². The van der Waals surface area contributed by atoms with E-state index < -0.39 is 12.0 Å². The average Bonchev–Trinajstić information content (AvgIpc) is 2.07. The van der Waals surface area contributed by atoms with Crippen molar-refractivity contribution in [1.29, 1.82) is 0 Å². The minimum Gasteiger partial charge on any atom is -0.464 e. The highest BCUT2D eigenvalue weighted by Gasteiger charge is 2.13. The van der Waals surface area contributed by atoms with Crippen molar-refractivity contribution in [3.63, 3.8) is 0 Å². The predicted octanol–water partition coefficient (Wildman–Crippen LogP) is 1.10. The SMILES string of the molecule is CC.CCOC(=O)C(C)NC(C)=O. The average molecular weight is 189 g/mol. The van der Waals surface area contributed by atoms with Crippen LogP contribution in [0.4, 0.5) is 0 Å². The number of esters is 1. The van der Waals surface area contributed by atoms with E-state index in [9.17, 15) is 9.59 Å². The number of hydrogen-bond donors (Lipinski definition) is 1. The maximum atomic E-state index is 10.8. The molecule has 0 saturated heterocycles. The third-order valence-electron chi connectivity index (χ3n) is 1.06. The molecule has 0 radical (unpaired) electrons. The Morgan fingerprint density at radius 2 is 1.85 bits per heavy atom. The van der Waals surface area contributed by atoms with Gasteiger partial charge in [-0.25, -0.2) is 4.79 Å². The van der Waals surface area contributed by atoms with Gasteiger partial charge in [-0.2, -0.15) is 0 Å². The van der Waals surface area contributed by atoms with Gasteiger partial charge in [0.1, 0.15) is 6.04 Å². The predicted molar refractivity (Wildman–Crippen MR) is 51.3 cm³/mol. The molecule has 1 N–H and O–H groups in total. The lowest BCUT2D eigenvalue weighted by molar-refractivity contribution is -0.146. The number of ether oxygens (including phenoxy) is 1. The van der Waals surface area contributed by atoms with Crippen LogP contribution in [-0.4, -0.2) is 24.5 Å². The Hall–Kier alpha value is -1.06. The molecule has 13 heavy (non-hydrogen) atoms. The standard InChI is InChI=1S/C7H13NO3.C2H6/c1-4-11-7(10)5(2)8-6(3)9;1-2/h5H,4H2,1-3H3,(H,8,9);1-2H3. The molecule has 1 unspecified atom stereocenters. The van der Waals surface area contributed by atoms with E-state index in [1.54, 1.807) is 13.8 Å². The zero-order valence-electron chi connectivity index (χ0n) is 9.01. The summed E-state index contributed by atoms with van der Waals surface area (Å²) in [6.07, 6.45) is 0. The molecule has 0 aliphatic rings. The van der Waals surface area contributed by atoms with Gasteiger partial charge in [-0.1, -0.05) is 13.8 Å². The molecule has 1 amide bonds. The van der Waals surface area contributed by atoms with Crippen LogP contribution in [0.3, 0.4) is 0 Å². The van der Waals surface area contributed by atoms with E-state index in [1.807, 2.05) is 13.8 Å². The Morgan fingerprint density at radius 3 is 2.15 bits per heavy atom. The van der Waals surface area contributed by atoms with Gasteiger partial charge in [0, 0.05) is 6.92 Å². The van der Waals surface area contributed by atoms with Crippen LogP contribution in [0.15, 0.2) is 0 Å². The fraction of sp³-hybridized carbons (Fsp3) is 0.778. The van der Waals surface area contributed by atoms with Gasteiger partial charge in [0.05, 0.1) is 6.61 Å². The lowest BCUT2D eigenvalue weighted by atomic mass is 10.3. The summed E-state index contributed by atoms with van der Waals surface area (Å²) in [6, 6.07) is -0.549. The van der Waals surface area contributed by atoms with Crippen molar-refractivity contribution in [3.8, 4) is 0 Å². The lowest BCUT2D eigenvalue weighted by Crippen LogP contribution is -2.38. The molecule has 0 heterocycles. The second-order valence-electron chi connectivity index (χ2n) is 2.17. The molecule has 4 nitrogen and oxygen atoms in total. The summed E-state index contributed by atoms with van der Waals surface area (Å²) in [6.45, 7) is 9.00. The van der Waals surface area contributed by atoms with E-state index in [1.165, 1.54) is 6.92 Å². The molecule has 0 saturated carbocycles. The van der Waals surface area contributed by atoms with Gasteiger partial charge >= 0.3 is 5.97 Å². The minimum atomic E-state index is -0.549. The topological polar surface area (TPSA) is 55.4 Å².